The topological polar surface area (TPSA) is 85.9 Å². The van der Waals surface area contributed by atoms with Crippen molar-refractivity contribution in [1.82, 2.24) is 9.97 Å². The fourth-order valence-electron chi connectivity index (χ4n) is 2.75. The van der Waals surface area contributed by atoms with Crippen molar-refractivity contribution in [1.29, 1.82) is 0 Å². The monoisotopic (exact) mass is 304 g/mol. The van der Waals surface area contributed by atoms with Gasteiger partial charge in [0.1, 0.15) is 0 Å². The summed E-state index contributed by atoms with van der Waals surface area (Å²) in [6, 6.07) is 16.1. The molecule has 0 aliphatic carbocycles. The molecule has 23 heavy (non-hydrogen) atoms. The first-order valence-electron chi connectivity index (χ1n) is 7.10. The number of carboxylic acids is 1. The molecule has 3 N–H and O–H groups in total. The fraction of sp³-hybridized carbons (Fsp3) is 0. The third-order valence-corrected chi connectivity index (χ3v) is 3.91. The molecule has 0 fully saturated rings. The maximum atomic E-state index is 12.3. The summed E-state index contributed by atoms with van der Waals surface area (Å²) in [7, 11) is 0. The molecule has 2 aromatic heterocycles. The van der Waals surface area contributed by atoms with E-state index in [0.717, 1.165) is 16.3 Å². The van der Waals surface area contributed by atoms with Crippen LogP contribution in [0, 0.1) is 0 Å². The highest BCUT2D eigenvalue weighted by atomic mass is 16.4. The number of carbonyl (C=O) groups is 1. The van der Waals surface area contributed by atoms with Gasteiger partial charge in [-0.1, -0.05) is 24.3 Å². The Morgan fingerprint density at radius 3 is 2.48 bits per heavy atom. The second kappa shape index (κ2) is 4.84. The Morgan fingerprint density at radius 2 is 1.65 bits per heavy atom. The Labute approximate surface area is 130 Å². The number of carboxylic acid groups (broad SMARTS) is 1. The molecule has 5 nitrogen and oxygen atoms in total. The van der Waals surface area contributed by atoms with E-state index in [1.54, 1.807) is 18.2 Å². The number of nitrogens with one attached hydrogen (secondary N) is 2. The van der Waals surface area contributed by atoms with E-state index >= 15 is 0 Å². The number of pyridine rings is 1. The minimum Gasteiger partial charge on any atom is -0.478 e. The van der Waals surface area contributed by atoms with Crippen molar-refractivity contribution >= 4 is 27.8 Å². The lowest BCUT2D eigenvalue weighted by atomic mass is 10.1. The van der Waals surface area contributed by atoms with Crippen LogP contribution in [-0.2, 0) is 0 Å². The molecule has 0 atom stereocenters. The molecule has 4 aromatic rings. The molecule has 2 aromatic carbocycles. The van der Waals surface area contributed by atoms with Crippen molar-refractivity contribution < 1.29 is 9.90 Å². The number of rotatable bonds is 2. The van der Waals surface area contributed by atoms with Crippen LogP contribution in [0.4, 0.5) is 0 Å². The van der Waals surface area contributed by atoms with Crippen LogP contribution in [0.1, 0.15) is 10.4 Å². The van der Waals surface area contributed by atoms with E-state index in [9.17, 15) is 9.59 Å². The molecule has 4 rings (SSSR count). The van der Waals surface area contributed by atoms with Gasteiger partial charge in [0.05, 0.1) is 16.8 Å². The summed E-state index contributed by atoms with van der Waals surface area (Å²) >= 11 is 0. The minimum absolute atomic E-state index is 0.186. The van der Waals surface area contributed by atoms with Gasteiger partial charge < -0.3 is 15.1 Å². The van der Waals surface area contributed by atoms with Gasteiger partial charge in [-0.25, -0.2) is 4.79 Å². The SMILES string of the molecule is O=C(O)c1ccc2cc(-c3cc4ccccc4[nH]c3=O)[nH]c2c1. The molecule has 0 aliphatic heterocycles. The highest BCUT2D eigenvalue weighted by molar-refractivity contribution is 5.95. The molecule has 0 radical (unpaired) electrons. The van der Waals surface area contributed by atoms with Crippen molar-refractivity contribution in [2.75, 3.05) is 0 Å². The van der Waals surface area contributed by atoms with E-state index in [1.165, 1.54) is 0 Å². The van der Waals surface area contributed by atoms with Gasteiger partial charge in [-0.3, -0.25) is 4.79 Å². The third kappa shape index (κ3) is 2.19. The number of benzene rings is 2. The van der Waals surface area contributed by atoms with Crippen LogP contribution in [-0.4, -0.2) is 21.0 Å². The number of aromatic nitrogens is 2. The molecule has 0 unspecified atom stereocenters. The van der Waals surface area contributed by atoms with Crippen molar-refractivity contribution in [2.24, 2.45) is 0 Å². The lowest BCUT2D eigenvalue weighted by molar-refractivity contribution is 0.0697. The smallest absolute Gasteiger partial charge is 0.335 e. The molecule has 0 bridgehead atoms. The van der Waals surface area contributed by atoms with Gasteiger partial charge >= 0.3 is 5.97 Å². The normalized spacial score (nSPS) is 11.1. The predicted octanol–water partition coefficient (Wildman–Crippen LogP) is 3.37. The molecule has 5 heteroatoms. The molecular formula is C18H12N2O3. The van der Waals surface area contributed by atoms with Crippen LogP contribution < -0.4 is 5.56 Å². The summed E-state index contributed by atoms with van der Waals surface area (Å²) in [5.41, 5.74) is 2.68. The number of aromatic amines is 2. The second-order valence-corrected chi connectivity index (χ2v) is 5.39. The fourth-order valence-corrected chi connectivity index (χ4v) is 2.75. The Bertz CT molecular complexity index is 1120. The minimum atomic E-state index is -0.980. The van der Waals surface area contributed by atoms with Crippen LogP contribution in [0.15, 0.2) is 59.4 Å². The standard InChI is InChI=1S/C18H12N2O3/c21-17-13(7-10-3-1-2-4-14(10)20-17)16-8-11-5-6-12(18(22)23)9-15(11)19-16/h1-9,19H,(H,20,21)(H,22,23). The van der Waals surface area contributed by atoms with Crippen molar-refractivity contribution in [3.05, 3.63) is 70.5 Å². The summed E-state index contributed by atoms with van der Waals surface area (Å²) < 4.78 is 0. The maximum Gasteiger partial charge on any atom is 0.335 e. The van der Waals surface area contributed by atoms with Gasteiger partial charge in [-0.05, 0) is 35.7 Å². The van der Waals surface area contributed by atoms with Gasteiger partial charge in [0, 0.05) is 16.4 Å². The zero-order chi connectivity index (χ0) is 16.0. The quantitative estimate of drug-likeness (QED) is 0.530. The van der Waals surface area contributed by atoms with Crippen LogP contribution in [0.25, 0.3) is 33.1 Å². The highest BCUT2D eigenvalue weighted by Crippen LogP contribution is 2.24. The molecule has 112 valence electrons. The maximum absolute atomic E-state index is 12.3. The lowest BCUT2D eigenvalue weighted by Crippen LogP contribution is -2.08. The lowest BCUT2D eigenvalue weighted by Gasteiger charge is -2.01. The number of hydrogen-bond acceptors (Lipinski definition) is 2. The number of para-hydroxylation sites is 1. The van der Waals surface area contributed by atoms with Gasteiger partial charge in [0.25, 0.3) is 5.56 Å². The molecule has 0 amide bonds. The van der Waals surface area contributed by atoms with Gasteiger partial charge in [0.2, 0.25) is 0 Å². The summed E-state index contributed by atoms with van der Waals surface area (Å²) in [5.74, 6) is -0.980. The molecule has 0 saturated carbocycles. The van der Waals surface area contributed by atoms with E-state index in [1.807, 2.05) is 36.4 Å². The van der Waals surface area contributed by atoms with E-state index in [4.69, 9.17) is 5.11 Å². The average Bonchev–Trinajstić information content (AvgIpc) is 2.96. The van der Waals surface area contributed by atoms with Gasteiger partial charge in [0.15, 0.2) is 0 Å². The Balaban J connectivity index is 1.93. The van der Waals surface area contributed by atoms with E-state index < -0.39 is 5.97 Å². The van der Waals surface area contributed by atoms with E-state index in [0.29, 0.717) is 16.8 Å². The molecule has 0 aliphatic rings. The van der Waals surface area contributed by atoms with Crippen molar-refractivity contribution in [2.45, 2.75) is 0 Å². The van der Waals surface area contributed by atoms with Crippen molar-refractivity contribution in [3.63, 3.8) is 0 Å². The number of H-pyrrole nitrogens is 2. The molecule has 0 spiro atoms. The van der Waals surface area contributed by atoms with Crippen LogP contribution >= 0.6 is 0 Å². The predicted molar refractivity (Wildman–Crippen MR) is 88.8 cm³/mol. The molecular weight excluding hydrogens is 292 g/mol. The first-order chi connectivity index (χ1) is 11.1. The number of aromatic carboxylic acids is 1. The highest BCUT2D eigenvalue weighted by Gasteiger charge is 2.10. The molecule has 0 saturated heterocycles. The zero-order valence-electron chi connectivity index (χ0n) is 12.0. The zero-order valence-corrected chi connectivity index (χ0v) is 12.0. The Kier molecular flexibility index (Phi) is 2.81. The first kappa shape index (κ1) is 13.3. The van der Waals surface area contributed by atoms with Crippen LogP contribution in [0.3, 0.4) is 0 Å². The van der Waals surface area contributed by atoms with Gasteiger partial charge in [-0.15, -0.1) is 0 Å². The Hall–Kier alpha value is -3.34. The summed E-state index contributed by atoms with van der Waals surface area (Å²) in [6.07, 6.45) is 0. The largest absolute Gasteiger partial charge is 0.478 e. The summed E-state index contributed by atoms with van der Waals surface area (Å²) in [6.45, 7) is 0. The van der Waals surface area contributed by atoms with E-state index in [-0.39, 0.29) is 11.1 Å². The first-order valence-corrected chi connectivity index (χ1v) is 7.10. The van der Waals surface area contributed by atoms with E-state index in [2.05, 4.69) is 9.97 Å². The molecule has 2 heterocycles. The number of fused-ring (bicyclic) bond motifs is 2. The number of hydrogen-bond donors (Lipinski definition) is 3. The van der Waals surface area contributed by atoms with Gasteiger partial charge in [-0.2, -0.15) is 0 Å². The van der Waals surface area contributed by atoms with Crippen molar-refractivity contribution in [3.8, 4) is 11.3 Å². The average molecular weight is 304 g/mol. The van der Waals surface area contributed by atoms with Crippen LogP contribution in [0.2, 0.25) is 0 Å². The summed E-state index contributed by atoms with van der Waals surface area (Å²) in [5, 5.41) is 10.9. The third-order valence-electron chi connectivity index (χ3n) is 3.91. The summed E-state index contributed by atoms with van der Waals surface area (Å²) in [4.78, 5) is 29.4. The second-order valence-electron chi connectivity index (χ2n) is 5.39. The Morgan fingerprint density at radius 1 is 0.870 bits per heavy atom. The van der Waals surface area contributed by atoms with Crippen LogP contribution in [0.5, 0.6) is 0 Å².